The van der Waals surface area contributed by atoms with Gasteiger partial charge in [-0.25, -0.2) is 0 Å². The van der Waals surface area contributed by atoms with Gasteiger partial charge in [-0.3, -0.25) is 4.99 Å². The third-order valence-electron chi connectivity index (χ3n) is 1.85. The SMILES string of the molecule is Clc1ccc2c(c1)CCN=C2. The lowest BCUT2D eigenvalue weighted by Crippen LogP contribution is -2.01. The standard InChI is InChI=1S/C9H8ClN/c10-9-2-1-8-6-11-4-3-7(8)5-9/h1-2,5-6H,3-4H2. The predicted octanol–water partition coefficient (Wildman–Crippen LogP) is 2.32. The van der Waals surface area contributed by atoms with E-state index in [9.17, 15) is 0 Å². The quantitative estimate of drug-likeness (QED) is 0.560. The fourth-order valence-electron chi connectivity index (χ4n) is 1.26. The average molecular weight is 166 g/mol. The summed E-state index contributed by atoms with van der Waals surface area (Å²) < 4.78 is 0. The molecule has 0 N–H and O–H groups in total. The Morgan fingerprint density at radius 2 is 2.27 bits per heavy atom. The molecule has 0 unspecified atom stereocenters. The first-order valence-corrected chi connectivity index (χ1v) is 4.02. The van der Waals surface area contributed by atoms with Gasteiger partial charge in [0.1, 0.15) is 0 Å². The molecule has 0 bridgehead atoms. The molecular weight excluding hydrogens is 158 g/mol. The van der Waals surface area contributed by atoms with Crippen molar-refractivity contribution >= 4 is 17.8 Å². The molecule has 1 aromatic rings. The van der Waals surface area contributed by atoms with Gasteiger partial charge < -0.3 is 0 Å². The first-order chi connectivity index (χ1) is 5.36. The normalized spacial score (nSPS) is 14.6. The van der Waals surface area contributed by atoms with Crippen molar-refractivity contribution in [1.29, 1.82) is 0 Å². The van der Waals surface area contributed by atoms with Gasteiger partial charge in [0.05, 0.1) is 0 Å². The molecule has 1 aliphatic rings. The van der Waals surface area contributed by atoms with Gasteiger partial charge in [-0.05, 0) is 29.7 Å². The molecule has 1 aliphatic heterocycles. The van der Waals surface area contributed by atoms with Gasteiger partial charge in [-0.2, -0.15) is 0 Å². The van der Waals surface area contributed by atoms with Crippen LogP contribution in [0.4, 0.5) is 0 Å². The molecule has 0 radical (unpaired) electrons. The van der Waals surface area contributed by atoms with Gasteiger partial charge in [0, 0.05) is 17.8 Å². The van der Waals surface area contributed by atoms with E-state index >= 15 is 0 Å². The van der Waals surface area contributed by atoms with Crippen LogP contribution in [-0.2, 0) is 6.42 Å². The van der Waals surface area contributed by atoms with Gasteiger partial charge in [0.2, 0.25) is 0 Å². The van der Waals surface area contributed by atoms with Gasteiger partial charge in [-0.1, -0.05) is 17.7 Å². The minimum atomic E-state index is 0.819. The van der Waals surface area contributed by atoms with Crippen LogP contribution < -0.4 is 0 Å². The van der Waals surface area contributed by atoms with Crippen LogP contribution in [0.3, 0.4) is 0 Å². The molecule has 0 atom stereocenters. The van der Waals surface area contributed by atoms with Crippen molar-refractivity contribution in [2.24, 2.45) is 4.99 Å². The number of aliphatic imine (C=N–C) groups is 1. The van der Waals surface area contributed by atoms with E-state index in [-0.39, 0.29) is 0 Å². The third-order valence-corrected chi connectivity index (χ3v) is 2.08. The second kappa shape index (κ2) is 2.67. The number of halogens is 1. The van der Waals surface area contributed by atoms with Crippen molar-refractivity contribution in [3.63, 3.8) is 0 Å². The maximum atomic E-state index is 5.83. The van der Waals surface area contributed by atoms with Crippen LogP contribution in [-0.4, -0.2) is 12.8 Å². The Morgan fingerprint density at radius 3 is 3.18 bits per heavy atom. The second-order valence-corrected chi connectivity index (χ2v) is 3.06. The van der Waals surface area contributed by atoms with Crippen LogP contribution in [0.5, 0.6) is 0 Å². The van der Waals surface area contributed by atoms with Gasteiger partial charge in [-0.15, -0.1) is 0 Å². The minimum Gasteiger partial charge on any atom is -0.292 e. The largest absolute Gasteiger partial charge is 0.292 e. The first kappa shape index (κ1) is 6.86. The Hall–Kier alpha value is -0.820. The number of hydrogen-bond acceptors (Lipinski definition) is 1. The highest BCUT2D eigenvalue weighted by molar-refractivity contribution is 6.30. The molecule has 11 heavy (non-hydrogen) atoms. The van der Waals surface area contributed by atoms with Crippen LogP contribution in [0, 0.1) is 0 Å². The fourth-order valence-corrected chi connectivity index (χ4v) is 1.46. The van der Waals surface area contributed by atoms with Gasteiger partial charge in [0.15, 0.2) is 0 Å². The Kier molecular flexibility index (Phi) is 1.66. The van der Waals surface area contributed by atoms with E-state index in [1.54, 1.807) is 0 Å². The fraction of sp³-hybridized carbons (Fsp3) is 0.222. The van der Waals surface area contributed by atoms with Crippen molar-refractivity contribution in [3.8, 4) is 0 Å². The van der Waals surface area contributed by atoms with Crippen molar-refractivity contribution in [2.75, 3.05) is 6.54 Å². The maximum absolute atomic E-state index is 5.83. The van der Waals surface area contributed by atoms with Crippen molar-refractivity contribution in [3.05, 3.63) is 34.3 Å². The summed E-state index contributed by atoms with van der Waals surface area (Å²) in [7, 11) is 0. The molecule has 0 aromatic heterocycles. The molecule has 0 aliphatic carbocycles. The number of fused-ring (bicyclic) bond motifs is 1. The van der Waals surface area contributed by atoms with E-state index in [1.165, 1.54) is 11.1 Å². The molecule has 2 rings (SSSR count). The van der Waals surface area contributed by atoms with E-state index in [0.29, 0.717) is 0 Å². The zero-order chi connectivity index (χ0) is 7.68. The van der Waals surface area contributed by atoms with Crippen molar-refractivity contribution in [1.82, 2.24) is 0 Å². The van der Waals surface area contributed by atoms with Crippen LogP contribution in [0.15, 0.2) is 23.2 Å². The van der Waals surface area contributed by atoms with Crippen LogP contribution in [0.25, 0.3) is 0 Å². The maximum Gasteiger partial charge on any atom is 0.0430 e. The molecule has 1 heterocycles. The first-order valence-electron chi connectivity index (χ1n) is 3.64. The lowest BCUT2D eigenvalue weighted by molar-refractivity contribution is 0.952. The van der Waals surface area contributed by atoms with E-state index in [4.69, 9.17) is 11.6 Å². The molecule has 0 saturated carbocycles. The Labute approximate surface area is 70.7 Å². The molecule has 0 fully saturated rings. The monoisotopic (exact) mass is 165 g/mol. The molecule has 0 amide bonds. The van der Waals surface area contributed by atoms with E-state index in [2.05, 4.69) is 4.99 Å². The number of hydrogen-bond donors (Lipinski definition) is 0. The molecule has 1 aromatic carbocycles. The Bertz CT molecular complexity index is 304. The summed E-state index contributed by atoms with van der Waals surface area (Å²) in [5, 5.41) is 0.819. The van der Waals surface area contributed by atoms with Gasteiger partial charge >= 0.3 is 0 Å². The van der Waals surface area contributed by atoms with Crippen molar-refractivity contribution < 1.29 is 0 Å². The lowest BCUT2D eigenvalue weighted by atomic mass is 10.0. The molecule has 0 spiro atoms. The van der Waals surface area contributed by atoms with E-state index in [0.717, 1.165) is 18.0 Å². The highest BCUT2D eigenvalue weighted by atomic mass is 35.5. The summed E-state index contributed by atoms with van der Waals surface area (Å²) in [6, 6.07) is 5.93. The van der Waals surface area contributed by atoms with Crippen LogP contribution in [0.1, 0.15) is 11.1 Å². The topological polar surface area (TPSA) is 12.4 Å². The summed E-state index contributed by atoms with van der Waals surface area (Å²) in [4.78, 5) is 4.18. The smallest absolute Gasteiger partial charge is 0.0430 e. The molecule has 0 saturated heterocycles. The average Bonchev–Trinajstić information content (AvgIpc) is 2.04. The number of rotatable bonds is 0. The minimum absolute atomic E-state index is 0.819. The van der Waals surface area contributed by atoms with Gasteiger partial charge in [0.25, 0.3) is 0 Å². The highest BCUT2D eigenvalue weighted by Crippen LogP contribution is 2.17. The molecular formula is C9H8ClN. The Balaban J connectivity index is 2.53. The molecule has 2 heteroatoms. The summed E-state index contributed by atoms with van der Waals surface area (Å²) >= 11 is 5.83. The zero-order valence-electron chi connectivity index (χ0n) is 6.05. The summed E-state index contributed by atoms with van der Waals surface area (Å²) in [6.45, 7) is 0.896. The Morgan fingerprint density at radius 1 is 1.36 bits per heavy atom. The van der Waals surface area contributed by atoms with Crippen molar-refractivity contribution in [2.45, 2.75) is 6.42 Å². The second-order valence-electron chi connectivity index (χ2n) is 2.63. The van der Waals surface area contributed by atoms with E-state index in [1.807, 2.05) is 24.4 Å². The van der Waals surface area contributed by atoms with Crippen LogP contribution in [0.2, 0.25) is 5.02 Å². The summed E-state index contributed by atoms with van der Waals surface area (Å²) in [5.41, 5.74) is 2.52. The summed E-state index contributed by atoms with van der Waals surface area (Å²) in [5.74, 6) is 0. The third kappa shape index (κ3) is 1.29. The zero-order valence-corrected chi connectivity index (χ0v) is 6.80. The molecule has 56 valence electrons. The number of benzene rings is 1. The highest BCUT2D eigenvalue weighted by Gasteiger charge is 2.04. The van der Waals surface area contributed by atoms with Crippen LogP contribution >= 0.6 is 11.6 Å². The lowest BCUT2D eigenvalue weighted by Gasteiger charge is -2.08. The number of nitrogens with zero attached hydrogens (tertiary/aromatic N) is 1. The summed E-state index contributed by atoms with van der Waals surface area (Å²) in [6.07, 6.45) is 2.93. The molecule has 1 nitrogen and oxygen atoms in total. The van der Waals surface area contributed by atoms with E-state index < -0.39 is 0 Å². The predicted molar refractivity (Wildman–Crippen MR) is 47.6 cm³/mol.